The van der Waals surface area contributed by atoms with E-state index >= 15 is 0 Å². The first-order chi connectivity index (χ1) is 12.2. The van der Waals surface area contributed by atoms with E-state index in [2.05, 4.69) is 48.4 Å². The van der Waals surface area contributed by atoms with Gasteiger partial charge in [0.2, 0.25) is 0 Å². The van der Waals surface area contributed by atoms with Gasteiger partial charge in [0.05, 0.1) is 12.2 Å². The zero-order chi connectivity index (χ0) is 18.1. The van der Waals surface area contributed by atoms with Gasteiger partial charge in [-0.2, -0.15) is 0 Å². The second kappa shape index (κ2) is 10.4. The SMILES string of the molecule is CCNC(=NCc1c(CC)noc1CC)NCCN1CCCCC1C. The summed E-state index contributed by atoms with van der Waals surface area (Å²) in [6, 6.07) is 0.700. The van der Waals surface area contributed by atoms with E-state index in [9.17, 15) is 0 Å². The second-order valence-electron chi connectivity index (χ2n) is 6.74. The normalized spacial score (nSPS) is 19.2. The van der Waals surface area contributed by atoms with Gasteiger partial charge < -0.3 is 15.2 Å². The number of nitrogens with zero attached hydrogens (tertiary/aromatic N) is 3. The van der Waals surface area contributed by atoms with Gasteiger partial charge in [-0.3, -0.25) is 4.90 Å². The fourth-order valence-electron chi connectivity index (χ4n) is 3.42. The molecule has 0 aliphatic carbocycles. The average Bonchev–Trinajstić information content (AvgIpc) is 3.03. The maximum Gasteiger partial charge on any atom is 0.191 e. The number of piperidine rings is 1. The molecule has 0 amide bonds. The Morgan fingerprint density at radius 2 is 2.08 bits per heavy atom. The number of aliphatic imine (C=N–C) groups is 1. The van der Waals surface area contributed by atoms with Crippen LogP contribution in [0.25, 0.3) is 0 Å². The lowest BCUT2D eigenvalue weighted by Crippen LogP contribution is -2.45. The van der Waals surface area contributed by atoms with Crippen LogP contribution in [0.3, 0.4) is 0 Å². The van der Waals surface area contributed by atoms with Gasteiger partial charge in [-0.25, -0.2) is 4.99 Å². The number of hydrogen-bond donors (Lipinski definition) is 2. The van der Waals surface area contributed by atoms with E-state index < -0.39 is 0 Å². The molecule has 6 heteroatoms. The molecule has 1 fully saturated rings. The van der Waals surface area contributed by atoms with Gasteiger partial charge in [0.15, 0.2) is 5.96 Å². The van der Waals surface area contributed by atoms with Crippen molar-refractivity contribution >= 4 is 5.96 Å². The predicted molar refractivity (Wildman–Crippen MR) is 103 cm³/mol. The van der Waals surface area contributed by atoms with Crippen molar-refractivity contribution in [2.45, 2.75) is 72.4 Å². The molecule has 1 atom stereocenters. The van der Waals surface area contributed by atoms with Crippen LogP contribution >= 0.6 is 0 Å². The molecule has 0 radical (unpaired) electrons. The molecule has 142 valence electrons. The van der Waals surface area contributed by atoms with Crippen molar-refractivity contribution in [2.24, 2.45) is 4.99 Å². The van der Waals surface area contributed by atoms with Gasteiger partial charge in [0.25, 0.3) is 0 Å². The Balaban J connectivity index is 1.90. The summed E-state index contributed by atoms with van der Waals surface area (Å²) >= 11 is 0. The highest BCUT2D eigenvalue weighted by Crippen LogP contribution is 2.17. The summed E-state index contributed by atoms with van der Waals surface area (Å²) in [4.78, 5) is 7.32. The van der Waals surface area contributed by atoms with Crippen molar-refractivity contribution in [3.63, 3.8) is 0 Å². The molecule has 0 bridgehead atoms. The molecule has 2 heterocycles. The molecule has 1 aliphatic heterocycles. The molecule has 1 aliphatic rings. The minimum absolute atomic E-state index is 0.616. The van der Waals surface area contributed by atoms with E-state index in [4.69, 9.17) is 9.52 Å². The van der Waals surface area contributed by atoms with Crippen LogP contribution in [0, 0.1) is 0 Å². The molecular weight excluding hydrogens is 314 g/mol. The number of hydrogen-bond acceptors (Lipinski definition) is 4. The van der Waals surface area contributed by atoms with E-state index in [0.717, 1.165) is 55.5 Å². The molecule has 25 heavy (non-hydrogen) atoms. The first kappa shape index (κ1) is 19.8. The predicted octanol–water partition coefficient (Wildman–Crippen LogP) is 2.73. The number of guanidine groups is 1. The Hall–Kier alpha value is -1.56. The zero-order valence-corrected chi connectivity index (χ0v) is 16.4. The van der Waals surface area contributed by atoms with E-state index in [0.29, 0.717) is 12.6 Å². The lowest BCUT2D eigenvalue weighted by molar-refractivity contribution is 0.163. The minimum atomic E-state index is 0.616. The number of aryl methyl sites for hydroxylation is 2. The Morgan fingerprint density at radius 3 is 2.76 bits per heavy atom. The van der Waals surface area contributed by atoms with Gasteiger partial charge in [-0.05, 0) is 39.7 Å². The third-order valence-corrected chi connectivity index (χ3v) is 4.98. The lowest BCUT2D eigenvalue weighted by Gasteiger charge is -2.33. The molecule has 1 saturated heterocycles. The molecule has 2 N–H and O–H groups in total. The summed E-state index contributed by atoms with van der Waals surface area (Å²) in [7, 11) is 0. The topological polar surface area (TPSA) is 65.7 Å². The summed E-state index contributed by atoms with van der Waals surface area (Å²) in [5.41, 5.74) is 2.17. The van der Waals surface area contributed by atoms with Gasteiger partial charge in [0, 0.05) is 37.7 Å². The Bertz CT molecular complexity index is 518. The second-order valence-corrected chi connectivity index (χ2v) is 6.74. The molecule has 0 spiro atoms. The van der Waals surface area contributed by atoms with Crippen molar-refractivity contribution in [3.05, 3.63) is 17.0 Å². The van der Waals surface area contributed by atoms with Crippen molar-refractivity contribution in [1.82, 2.24) is 20.7 Å². The van der Waals surface area contributed by atoms with Gasteiger partial charge >= 0.3 is 0 Å². The Morgan fingerprint density at radius 1 is 1.24 bits per heavy atom. The summed E-state index contributed by atoms with van der Waals surface area (Å²) in [5.74, 6) is 1.83. The van der Waals surface area contributed by atoms with Crippen molar-refractivity contribution < 1.29 is 4.52 Å². The van der Waals surface area contributed by atoms with Crippen LogP contribution in [0.4, 0.5) is 0 Å². The van der Waals surface area contributed by atoms with Crippen LogP contribution in [0.15, 0.2) is 9.52 Å². The molecule has 1 aromatic rings. The molecule has 1 aromatic heterocycles. The first-order valence-electron chi connectivity index (χ1n) is 9.92. The first-order valence-corrected chi connectivity index (χ1v) is 9.92. The van der Waals surface area contributed by atoms with Crippen LogP contribution < -0.4 is 10.6 Å². The standard InChI is InChI=1S/C19H35N5O/c1-5-17-16(18(6-2)25-23-17)14-22-19(20-7-3)21-11-13-24-12-9-8-10-15(24)4/h15H,5-14H2,1-4H3,(H2,20,21,22). The van der Waals surface area contributed by atoms with Crippen molar-refractivity contribution in [1.29, 1.82) is 0 Å². The highest BCUT2D eigenvalue weighted by molar-refractivity contribution is 5.79. The van der Waals surface area contributed by atoms with Crippen molar-refractivity contribution in [2.75, 3.05) is 26.2 Å². The van der Waals surface area contributed by atoms with Crippen LogP contribution in [-0.4, -0.2) is 48.2 Å². The van der Waals surface area contributed by atoms with Crippen LogP contribution in [-0.2, 0) is 19.4 Å². The lowest BCUT2D eigenvalue weighted by atomic mass is 10.0. The molecular formula is C19H35N5O. The number of rotatable bonds is 8. The van der Waals surface area contributed by atoms with Gasteiger partial charge in [-0.15, -0.1) is 0 Å². The van der Waals surface area contributed by atoms with E-state index in [1.807, 2.05) is 0 Å². The van der Waals surface area contributed by atoms with E-state index in [1.54, 1.807) is 0 Å². The van der Waals surface area contributed by atoms with Crippen LogP contribution in [0.5, 0.6) is 0 Å². The van der Waals surface area contributed by atoms with E-state index in [1.165, 1.54) is 25.8 Å². The highest BCUT2D eigenvalue weighted by atomic mass is 16.5. The monoisotopic (exact) mass is 349 g/mol. The van der Waals surface area contributed by atoms with Crippen LogP contribution in [0.2, 0.25) is 0 Å². The molecule has 2 rings (SSSR count). The maximum atomic E-state index is 5.43. The summed E-state index contributed by atoms with van der Waals surface area (Å²) < 4.78 is 5.43. The fraction of sp³-hybridized carbons (Fsp3) is 0.789. The number of nitrogens with one attached hydrogen (secondary N) is 2. The fourth-order valence-corrected chi connectivity index (χ4v) is 3.42. The maximum absolute atomic E-state index is 5.43. The number of likely N-dealkylation sites (tertiary alicyclic amines) is 1. The largest absolute Gasteiger partial charge is 0.361 e. The summed E-state index contributed by atoms with van der Waals surface area (Å²) in [5, 5.41) is 11.0. The quantitative estimate of drug-likeness (QED) is 0.558. The third kappa shape index (κ3) is 5.73. The molecule has 1 unspecified atom stereocenters. The Kier molecular flexibility index (Phi) is 8.25. The average molecular weight is 350 g/mol. The van der Waals surface area contributed by atoms with Crippen molar-refractivity contribution in [3.8, 4) is 0 Å². The van der Waals surface area contributed by atoms with Gasteiger partial charge in [-0.1, -0.05) is 25.4 Å². The smallest absolute Gasteiger partial charge is 0.191 e. The Labute approximate surface area is 152 Å². The number of aromatic nitrogens is 1. The highest BCUT2D eigenvalue weighted by Gasteiger charge is 2.17. The summed E-state index contributed by atoms with van der Waals surface area (Å²) in [6.45, 7) is 13.3. The van der Waals surface area contributed by atoms with Gasteiger partial charge in [0.1, 0.15) is 5.76 Å². The zero-order valence-electron chi connectivity index (χ0n) is 16.4. The van der Waals surface area contributed by atoms with Crippen LogP contribution in [0.1, 0.15) is 64.0 Å². The van der Waals surface area contributed by atoms with E-state index in [-0.39, 0.29) is 0 Å². The molecule has 0 aromatic carbocycles. The molecule has 6 nitrogen and oxygen atoms in total. The summed E-state index contributed by atoms with van der Waals surface area (Å²) in [6.07, 6.45) is 5.75. The minimum Gasteiger partial charge on any atom is -0.361 e. The molecule has 0 saturated carbocycles. The third-order valence-electron chi connectivity index (χ3n) is 4.98.